The maximum absolute atomic E-state index is 5.89. The molecule has 1 aliphatic rings. The zero-order valence-electron chi connectivity index (χ0n) is 9.56. The summed E-state index contributed by atoms with van der Waals surface area (Å²) in [7, 11) is 0. The molecule has 0 radical (unpaired) electrons. The van der Waals surface area contributed by atoms with Gasteiger partial charge in [0.1, 0.15) is 0 Å². The number of nitrogens with zero attached hydrogens (tertiary/aromatic N) is 4. The summed E-state index contributed by atoms with van der Waals surface area (Å²) in [6.07, 6.45) is 5.00. The van der Waals surface area contributed by atoms with Crippen LogP contribution in [-0.2, 0) is 4.74 Å². The first-order valence-corrected chi connectivity index (χ1v) is 6.12. The van der Waals surface area contributed by atoms with Crippen LogP contribution in [0.25, 0.3) is 11.0 Å². The number of aryl methyl sites for hydroxylation is 1. The summed E-state index contributed by atoms with van der Waals surface area (Å²) in [5.74, 6) is 0. The average Bonchev–Trinajstić information content (AvgIpc) is 2.74. The molecule has 2 aromatic rings. The summed E-state index contributed by atoms with van der Waals surface area (Å²) in [6.45, 7) is 2.69. The highest BCUT2D eigenvalue weighted by atomic mass is 35.5. The molecular weight excluding hydrogens is 240 g/mol. The third kappa shape index (κ3) is 1.89. The zero-order valence-corrected chi connectivity index (χ0v) is 10.3. The first kappa shape index (κ1) is 10.9. The van der Waals surface area contributed by atoms with E-state index in [1.165, 1.54) is 0 Å². The van der Waals surface area contributed by atoms with Crippen LogP contribution in [0.15, 0.2) is 6.20 Å². The fourth-order valence-corrected chi connectivity index (χ4v) is 2.37. The summed E-state index contributed by atoms with van der Waals surface area (Å²) in [4.78, 5) is 8.37. The second-order valence-electron chi connectivity index (χ2n) is 4.23. The lowest BCUT2D eigenvalue weighted by molar-refractivity contribution is -0.0370. The molecule has 3 rings (SSSR count). The Kier molecular flexibility index (Phi) is 2.72. The van der Waals surface area contributed by atoms with E-state index in [1.807, 2.05) is 11.6 Å². The van der Waals surface area contributed by atoms with Crippen molar-refractivity contribution in [2.24, 2.45) is 0 Å². The summed E-state index contributed by atoms with van der Waals surface area (Å²) < 4.78 is 7.52. The predicted molar refractivity (Wildman–Crippen MR) is 63.9 cm³/mol. The van der Waals surface area contributed by atoms with Crippen LogP contribution < -0.4 is 0 Å². The number of fused-ring (bicyclic) bond motifs is 1. The topological polar surface area (TPSA) is 52.8 Å². The van der Waals surface area contributed by atoms with Gasteiger partial charge in [-0.05, 0) is 37.8 Å². The molecule has 17 heavy (non-hydrogen) atoms. The molecule has 0 spiro atoms. The Labute approximate surface area is 104 Å². The lowest BCUT2D eigenvalue weighted by Crippen LogP contribution is -2.19. The molecule has 1 aliphatic heterocycles. The number of ether oxygens (including phenoxy) is 1. The Morgan fingerprint density at radius 3 is 3.06 bits per heavy atom. The predicted octanol–water partition coefficient (Wildman–Crippen LogP) is 2.49. The van der Waals surface area contributed by atoms with Gasteiger partial charge in [-0.25, -0.2) is 9.67 Å². The molecule has 0 aromatic carbocycles. The van der Waals surface area contributed by atoms with E-state index < -0.39 is 0 Å². The molecule has 90 valence electrons. The van der Waals surface area contributed by atoms with Gasteiger partial charge in [-0.3, -0.25) is 0 Å². The first-order valence-electron chi connectivity index (χ1n) is 5.74. The fraction of sp³-hybridized carbons (Fsp3) is 0.545. The standard InChI is InChI=1S/C11H13ClN4O/c1-7-8-6-13-16(9-4-2-3-5-17-9)10(8)15-11(12)14-7/h6,9H,2-5H2,1H3. The SMILES string of the molecule is Cc1nc(Cl)nc2c1cnn2C1CCCCO1. The van der Waals surface area contributed by atoms with Gasteiger partial charge in [0.05, 0.1) is 17.3 Å². The molecule has 0 amide bonds. The molecular formula is C11H13ClN4O. The van der Waals surface area contributed by atoms with Gasteiger partial charge >= 0.3 is 0 Å². The van der Waals surface area contributed by atoms with Crippen molar-refractivity contribution in [2.75, 3.05) is 6.61 Å². The summed E-state index contributed by atoms with van der Waals surface area (Å²) in [6, 6.07) is 0. The molecule has 6 heteroatoms. The molecule has 5 nitrogen and oxygen atoms in total. The second-order valence-corrected chi connectivity index (χ2v) is 4.56. The number of halogens is 1. The van der Waals surface area contributed by atoms with Crippen LogP contribution in [-0.4, -0.2) is 26.4 Å². The van der Waals surface area contributed by atoms with Crippen LogP contribution in [0.1, 0.15) is 31.2 Å². The summed E-state index contributed by atoms with van der Waals surface area (Å²) >= 11 is 5.89. The van der Waals surface area contributed by atoms with Crippen LogP contribution in [0.3, 0.4) is 0 Å². The highest BCUT2D eigenvalue weighted by Crippen LogP contribution is 2.26. The quantitative estimate of drug-likeness (QED) is 0.732. The first-order chi connectivity index (χ1) is 8.25. The Bertz CT molecular complexity index is 548. The molecule has 3 heterocycles. The van der Waals surface area contributed by atoms with Gasteiger partial charge in [0.25, 0.3) is 0 Å². The lowest BCUT2D eigenvalue weighted by Gasteiger charge is -2.22. The monoisotopic (exact) mass is 252 g/mol. The largest absolute Gasteiger partial charge is 0.356 e. The van der Waals surface area contributed by atoms with E-state index in [0.29, 0.717) is 0 Å². The highest BCUT2D eigenvalue weighted by Gasteiger charge is 2.20. The van der Waals surface area contributed by atoms with Crippen molar-refractivity contribution in [2.45, 2.75) is 32.4 Å². The molecule has 0 saturated carbocycles. The van der Waals surface area contributed by atoms with Crippen molar-refractivity contribution in [1.82, 2.24) is 19.7 Å². The number of aromatic nitrogens is 4. The molecule has 1 fully saturated rings. The van der Waals surface area contributed by atoms with Crippen molar-refractivity contribution in [1.29, 1.82) is 0 Å². The van der Waals surface area contributed by atoms with Crippen LogP contribution in [0.5, 0.6) is 0 Å². The minimum absolute atomic E-state index is 0.0217. The second kappa shape index (κ2) is 4.23. The van der Waals surface area contributed by atoms with Crippen molar-refractivity contribution in [3.63, 3.8) is 0 Å². The van der Waals surface area contributed by atoms with Crippen molar-refractivity contribution in [3.05, 3.63) is 17.2 Å². The van der Waals surface area contributed by atoms with Crippen molar-refractivity contribution >= 4 is 22.6 Å². The van der Waals surface area contributed by atoms with E-state index in [9.17, 15) is 0 Å². The Balaban J connectivity index is 2.10. The van der Waals surface area contributed by atoms with E-state index in [4.69, 9.17) is 16.3 Å². The van der Waals surface area contributed by atoms with E-state index >= 15 is 0 Å². The number of hydrogen-bond acceptors (Lipinski definition) is 4. The van der Waals surface area contributed by atoms with Gasteiger partial charge in [0.2, 0.25) is 5.28 Å². The third-order valence-corrected chi connectivity index (χ3v) is 3.21. The molecule has 0 N–H and O–H groups in total. The smallest absolute Gasteiger partial charge is 0.224 e. The van der Waals surface area contributed by atoms with Gasteiger partial charge < -0.3 is 4.74 Å². The summed E-state index contributed by atoms with van der Waals surface area (Å²) in [5, 5.41) is 5.54. The summed E-state index contributed by atoms with van der Waals surface area (Å²) in [5.41, 5.74) is 1.61. The Morgan fingerprint density at radius 2 is 2.29 bits per heavy atom. The minimum Gasteiger partial charge on any atom is -0.356 e. The fourth-order valence-electron chi connectivity index (χ4n) is 2.16. The van der Waals surface area contributed by atoms with Gasteiger partial charge in [0.15, 0.2) is 11.9 Å². The zero-order chi connectivity index (χ0) is 11.8. The van der Waals surface area contributed by atoms with E-state index in [-0.39, 0.29) is 11.5 Å². The minimum atomic E-state index is -0.0217. The van der Waals surface area contributed by atoms with E-state index in [1.54, 1.807) is 6.20 Å². The maximum atomic E-state index is 5.89. The lowest BCUT2D eigenvalue weighted by atomic mass is 10.2. The molecule has 0 bridgehead atoms. The van der Waals surface area contributed by atoms with Crippen LogP contribution in [0.2, 0.25) is 5.28 Å². The number of hydrogen-bond donors (Lipinski definition) is 0. The normalized spacial score (nSPS) is 20.9. The van der Waals surface area contributed by atoms with Crippen LogP contribution >= 0.6 is 11.6 Å². The van der Waals surface area contributed by atoms with Gasteiger partial charge in [0, 0.05) is 6.61 Å². The highest BCUT2D eigenvalue weighted by molar-refractivity contribution is 6.28. The van der Waals surface area contributed by atoms with Gasteiger partial charge in [-0.15, -0.1) is 0 Å². The Morgan fingerprint density at radius 1 is 1.41 bits per heavy atom. The Hall–Kier alpha value is -1.20. The third-order valence-electron chi connectivity index (χ3n) is 3.05. The molecule has 1 saturated heterocycles. The van der Waals surface area contributed by atoms with Gasteiger partial charge in [-0.2, -0.15) is 10.1 Å². The maximum Gasteiger partial charge on any atom is 0.224 e. The average molecular weight is 253 g/mol. The van der Waals surface area contributed by atoms with Crippen molar-refractivity contribution < 1.29 is 4.74 Å². The van der Waals surface area contributed by atoms with Crippen LogP contribution in [0, 0.1) is 6.92 Å². The molecule has 2 aromatic heterocycles. The molecule has 0 aliphatic carbocycles. The van der Waals surface area contributed by atoms with Gasteiger partial charge in [-0.1, -0.05) is 0 Å². The van der Waals surface area contributed by atoms with E-state index in [2.05, 4.69) is 15.1 Å². The molecule has 1 unspecified atom stereocenters. The number of rotatable bonds is 1. The van der Waals surface area contributed by atoms with E-state index in [0.717, 1.165) is 42.6 Å². The molecule has 1 atom stereocenters. The van der Waals surface area contributed by atoms with Crippen molar-refractivity contribution in [3.8, 4) is 0 Å². The van der Waals surface area contributed by atoms with Crippen LogP contribution in [0.4, 0.5) is 0 Å².